The summed E-state index contributed by atoms with van der Waals surface area (Å²) >= 11 is 0. The van der Waals surface area contributed by atoms with E-state index in [0.717, 1.165) is 0 Å². The van der Waals surface area contributed by atoms with Crippen molar-refractivity contribution in [2.24, 2.45) is 5.92 Å². The highest BCUT2D eigenvalue weighted by molar-refractivity contribution is 5.96. The zero-order valence-corrected chi connectivity index (χ0v) is 21.6. The van der Waals surface area contributed by atoms with Crippen molar-refractivity contribution in [1.29, 1.82) is 0 Å². The molecular weight excluding hydrogens is 440 g/mol. The number of hydrogen-bond acceptors (Lipinski definition) is 5. The maximum absolute atomic E-state index is 13.1. The van der Waals surface area contributed by atoms with Crippen molar-refractivity contribution in [3.8, 4) is 5.75 Å². The lowest BCUT2D eigenvalue weighted by atomic mass is 9.80. The molecule has 1 saturated carbocycles. The molecule has 1 fully saturated rings. The zero-order chi connectivity index (χ0) is 25.4. The van der Waals surface area contributed by atoms with Crippen molar-refractivity contribution in [3.63, 3.8) is 0 Å². The summed E-state index contributed by atoms with van der Waals surface area (Å²) < 4.78 is 17.5. The Kier molecular flexibility index (Phi) is 6.81. The molecule has 5 heteroatoms. The quantitative estimate of drug-likeness (QED) is 0.472. The number of carbonyl (C=O) groups excluding carboxylic acids is 2. The second kappa shape index (κ2) is 9.52. The molecule has 2 aromatic rings. The predicted octanol–water partition coefficient (Wildman–Crippen LogP) is 6.50. The van der Waals surface area contributed by atoms with Gasteiger partial charge < -0.3 is 14.2 Å². The van der Waals surface area contributed by atoms with Crippen LogP contribution in [0.3, 0.4) is 0 Å². The second-order valence-electron chi connectivity index (χ2n) is 11.7. The van der Waals surface area contributed by atoms with Gasteiger partial charge in [0.2, 0.25) is 11.5 Å². The van der Waals surface area contributed by atoms with Gasteiger partial charge in [0.05, 0.1) is 11.5 Å². The Hall–Kier alpha value is -3.08. The van der Waals surface area contributed by atoms with Crippen LogP contribution in [0.5, 0.6) is 5.75 Å². The molecule has 0 amide bonds. The molecule has 0 bridgehead atoms. The third-order valence-corrected chi connectivity index (χ3v) is 6.88. The van der Waals surface area contributed by atoms with Crippen molar-refractivity contribution >= 4 is 11.8 Å². The molecule has 0 saturated heterocycles. The average molecular weight is 477 g/mol. The first-order chi connectivity index (χ1) is 16.4. The van der Waals surface area contributed by atoms with E-state index in [9.17, 15) is 9.59 Å². The normalized spacial score (nSPS) is 22.5. The van der Waals surface area contributed by atoms with Crippen LogP contribution < -0.4 is 4.74 Å². The number of esters is 1. The number of ether oxygens (including phenoxy) is 3. The van der Waals surface area contributed by atoms with Crippen LogP contribution in [0.4, 0.5) is 0 Å². The van der Waals surface area contributed by atoms with E-state index in [1.807, 2.05) is 48.5 Å². The molecule has 0 spiro atoms. The van der Waals surface area contributed by atoms with E-state index in [0.29, 0.717) is 30.6 Å². The monoisotopic (exact) mass is 476 g/mol. The molecule has 4 rings (SSSR count). The highest BCUT2D eigenvalue weighted by Gasteiger charge is 2.42. The Morgan fingerprint density at radius 2 is 1.43 bits per heavy atom. The van der Waals surface area contributed by atoms with Gasteiger partial charge in [-0.05, 0) is 59.1 Å². The summed E-state index contributed by atoms with van der Waals surface area (Å²) in [5.41, 5.74) is 2.97. The molecule has 1 aliphatic heterocycles. The Labute approximate surface area is 208 Å². The van der Waals surface area contributed by atoms with E-state index in [1.54, 1.807) is 0 Å². The summed E-state index contributed by atoms with van der Waals surface area (Å²) in [5.74, 6) is 0.159. The van der Waals surface area contributed by atoms with Crippen molar-refractivity contribution in [2.45, 2.75) is 83.8 Å². The second-order valence-corrected chi connectivity index (χ2v) is 11.7. The molecule has 2 aliphatic rings. The lowest BCUT2D eigenvalue weighted by molar-refractivity contribution is -0.132. The number of rotatable bonds is 4. The van der Waals surface area contributed by atoms with Gasteiger partial charge in [0.25, 0.3) is 0 Å². The first kappa shape index (κ1) is 25.0. The van der Waals surface area contributed by atoms with E-state index < -0.39 is 0 Å². The maximum atomic E-state index is 13.1. The summed E-state index contributed by atoms with van der Waals surface area (Å²) in [6.07, 6.45) is 2.53. The molecule has 0 radical (unpaired) electrons. The maximum Gasteiger partial charge on any atom is 0.338 e. The summed E-state index contributed by atoms with van der Waals surface area (Å²) in [7, 11) is 0. The third kappa shape index (κ3) is 5.77. The van der Waals surface area contributed by atoms with Crippen molar-refractivity contribution < 1.29 is 23.8 Å². The van der Waals surface area contributed by atoms with Gasteiger partial charge in [-0.3, -0.25) is 4.79 Å². The SMILES string of the molecule is CC(C)(C)c1ccc(OC2=COC3CC(OC(=O)c4ccc(C(C)(C)C)cc4)CCC3C2=O)cc1. The first-order valence-electron chi connectivity index (χ1n) is 12.4. The molecule has 5 nitrogen and oxygen atoms in total. The van der Waals surface area contributed by atoms with Gasteiger partial charge in [-0.2, -0.15) is 0 Å². The molecule has 35 heavy (non-hydrogen) atoms. The molecule has 3 unspecified atom stereocenters. The Morgan fingerprint density at radius 3 is 2.00 bits per heavy atom. The number of hydrogen-bond donors (Lipinski definition) is 0. The summed E-state index contributed by atoms with van der Waals surface area (Å²) in [4.78, 5) is 25.7. The molecule has 2 aromatic carbocycles. The lowest BCUT2D eigenvalue weighted by Crippen LogP contribution is -2.43. The summed E-state index contributed by atoms with van der Waals surface area (Å²) in [6, 6.07) is 15.4. The molecule has 1 aliphatic carbocycles. The van der Waals surface area contributed by atoms with E-state index >= 15 is 0 Å². The minimum Gasteiger partial charge on any atom is -0.493 e. The molecule has 0 N–H and O–H groups in total. The smallest absolute Gasteiger partial charge is 0.338 e. The lowest BCUT2D eigenvalue weighted by Gasteiger charge is -2.36. The Balaban J connectivity index is 1.35. The van der Waals surface area contributed by atoms with E-state index in [1.165, 1.54) is 17.4 Å². The number of allylic oxidation sites excluding steroid dienone is 1. The van der Waals surface area contributed by atoms with Crippen LogP contribution in [-0.2, 0) is 25.1 Å². The van der Waals surface area contributed by atoms with Crippen LogP contribution >= 0.6 is 0 Å². The number of benzene rings is 2. The van der Waals surface area contributed by atoms with Crippen LogP contribution in [0.2, 0.25) is 0 Å². The topological polar surface area (TPSA) is 61.8 Å². The third-order valence-electron chi connectivity index (χ3n) is 6.88. The fourth-order valence-electron chi connectivity index (χ4n) is 4.59. The Morgan fingerprint density at radius 1 is 0.857 bits per heavy atom. The van der Waals surface area contributed by atoms with Crippen LogP contribution in [0.1, 0.15) is 82.3 Å². The van der Waals surface area contributed by atoms with Crippen LogP contribution in [0.25, 0.3) is 0 Å². The molecule has 3 atom stereocenters. The predicted molar refractivity (Wildman–Crippen MR) is 135 cm³/mol. The van der Waals surface area contributed by atoms with E-state index in [4.69, 9.17) is 14.2 Å². The average Bonchev–Trinajstić information content (AvgIpc) is 2.80. The number of fused-ring (bicyclic) bond motifs is 1. The van der Waals surface area contributed by atoms with Gasteiger partial charge in [-0.1, -0.05) is 65.8 Å². The zero-order valence-electron chi connectivity index (χ0n) is 21.6. The molecular formula is C30H36O5. The van der Waals surface area contributed by atoms with Gasteiger partial charge in [-0.15, -0.1) is 0 Å². The number of ketones is 1. The highest BCUT2D eigenvalue weighted by atomic mass is 16.6. The van der Waals surface area contributed by atoms with Gasteiger partial charge in [-0.25, -0.2) is 4.79 Å². The number of carbonyl (C=O) groups is 2. The minimum absolute atomic E-state index is 0.0254. The van der Waals surface area contributed by atoms with Gasteiger partial charge >= 0.3 is 5.97 Å². The van der Waals surface area contributed by atoms with Crippen LogP contribution in [-0.4, -0.2) is 24.0 Å². The molecule has 0 aromatic heterocycles. The van der Waals surface area contributed by atoms with E-state index in [-0.39, 0.29) is 46.5 Å². The van der Waals surface area contributed by atoms with Gasteiger partial charge in [0, 0.05) is 6.42 Å². The fraction of sp³-hybridized carbons (Fsp3) is 0.467. The molecule has 1 heterocycles. The summed E-state index contributed by atoms with van der Waals surface area (Å²) in [6.45, 7) is 12.9. The minimum atomic E-state index is -0.339. The van der Waals surface area contributed by atoms with Gasteiger partial charge in [0.15, 0.2) is 0 Å². The van der Waals surface area contributed by atoms with Gasteiger partial charge in [0.1, 0.15) is 24.2 Å². The van der Waals surface area contributed by atoms with Crippen LogP contribution in [0, 0.1) is 5.92 Å². The van der Waals surface area contributed by atoms with Crippen LogP contribution in [0.15, 0.2) is 60.6 Å². The van der Waals surface area contributed by atoms with Crippen molar-refractivity contribution in [3.05, 3.63) is 77.2 Å². The highest BCUT2D eigenvalue weighted by Crippen LogP contribution is 2.36. The summed E-state index contributed by atoms with van der Waals surface area (Å²) in [5, 5.41) is 0. The first-order valence-corrected chi connectivity index (χ1v) is 12.4. The fourth-order valence-corrected chi connectivity index (χ4v) is 4.59. The standard InChI is InChI=1S/C30H36O5/c1-29(2,3)20-9-7-19(8-10-20)28(32)35-23-15-16-24-25(17-23)33-18-26(27(24)31)34-22-13-11-21(12-14-22)30(4,5)6/h7-14,18,23-25H,15-17H2,1-6H3. The number of Topliss-reactive ketones (excluding diaryl/α,β-unsaturated/α-hetero) is 1. The van der Waals surface area contributed by atoms with Crippen molar-refractivity contribution in [1.82, 2.24) is 0 Å². The Bertz CT molecular complexity index is 1100. The van der Waals surface area contributed by atoms with Crippen molar-refractivity contribution in [2.75, 3.05) is 0 Å². The molecule has 186 valence electrons. The largest absolute Gasteiger partial charge is 0.493 e. The van der Waals surface area contributed by atoms with E-state index in [2.05, 4.69) is 41.5 Å².